The summed E-state index contributed by atoms with van der Waals surface area (Å²) in [7, 11) is 1.25. The van der Waals surface area contributed by atoms with E-state index >= 15 is 0 Å². The smallest absolute Gasteiger partial charge is 0.331 e. The van der Waals surface area contributed by atoms with E-state index in [0.717, 1.165) is 17.8 Å². The summed E-state index contributed by atoms with van der Waals surface area (Å²) in [5, 5.41) is 2.98. The SMILES string of the molecule is CCOc1ccccc1N=C1NC(=O)C(=CC(=O)OC)S1. The number of para-hydroxylation sites is 2. The number of amidine groups is 1. The van der Waals surface area contributed by atoms with Crippen molar-refractivity contribution in [3.8, 4) is 5.75 Å². The highest BCUT2D eigenvalue weighted by Gasteiger charge is 2.25. The summed E-state index contributed by atoms with van der Waals surface area (Å²) in [6.07, 6.45) is 1.14. The van der Waals surface area contributed by atoms with Crippen molar-refractivity contribution >= 4 is 34.5 Å². The van der Waals surface area contributed by atoms with E-state index in [1.54, 1.807) is 12.1 Å². The van der Waals surface area contributed by atoms with Gasteiger partial charge in [-0.25, -0.2) is 9.79 Å². The van der Waals surface area contributed by atoms with Crippen LogP contribution in [-0.4, -0.2) is 30.8 Å². The minimum atomic E-state index is -0.580. The second-order valence-electron chi connectivity index (χ2n) is 3.91. The molecule has 6 nitrogen and oxygen atoms in total. The van der Waals surface area contributed by atoms with Crippen LogP contribution in [-0.2, 0) is 14.3 Å². The third-order valence-electron chi connectivity index (χ3n) is 2.49. The topological polar surface area (TPSA) is 77.0 Å². The Balaban J connectivity index is 2.22. The van der Waals surface area contributed by atoms with E-state index < -0.39 is 5.97 Å². The second-order valence-corrected chi connectivity index (χ2v) is 4.94. The van der Waals surface area contributed by atoms with Crippen LogP contribution in [0.4, 0.5) is 5.69 Å². The first-order valence-electron chi connectivity index (χ1n) is 6.23. The molecule has 7 heteroatoms. The Morgan fingerprint density at radius 3 is 2.90 bits per heavy atom. The quantitative estimate of drug-likeness (QED) is 0.680. The van der Waals surface area contributed by atoms with Crippen molar-refractivity contribution in [2.75, 3.05) is 13.7 Å². The Hall–Kier alpha value is -2.28. The lowest BCUT2D eigenvalue weighted by molar-refractivity contribution is -0.135. The average Bonchev–Trinajstić information content (AvgIpc) is 2.81. The summed E-state index contributed by atoms with van der Waals surface area (Å²) in [5.41, 5.74) is 0.612. The molecule has 0 saturated carbocycles. The molecule has 1 saturated heterocycles. The highest BCUT2D eigenvalue weighted by atomic mass is 32.2. The maximum absolute atomic E-state index is 11.7. The molecule has 1 aromatic rings. The molecule has 2 rings (SSSR count). The predicted octanol–water partition coefficient (Wildman–Crippen LogP) is 1.99. The number of carbonyl (C=O) groups excluding carboxylic acids is 2. The van der Waals surface area contributed by atoms with Crippen molar-refractivity contribution in [1.29, 1.82) is 0 Å². The number of thioether (sulfide) groups is 1. The molecule has 21 heavy (non-hydrogen) atoms. The van der Waals surface area contributed by atoms with E-state index in [-0.39, 0.29) is 10.8 Å². The predicted molar refractivity (Wildman–Crippen MR) is 80.5 cm³/mol. The minimum Gasteiger partial charge on any atom is -0.492 e. The van der Waals surface area contributed by atoms with Gasteiger partial charge in [0.05, 0.1) is 18.6 Å². The number of nitrogens with one attached hydrogen (secondary N) is 1. The van der Waals surface area contributed by atoms with Crippen LogP contribution in [0.5, 0.6) is 5.75 Å². The lowest BCUT2D eigenvalue weighted by Gasteiger charge is -2.06. The number of carbonyl (C=O) groups is 2. The monoisotopic (exact) mass is 306 g/mol. The van der Waals surface area contributed by atoms with Gasteiger partial charge in [0.25, 0.3) is 5.91 Å². The van der Waals surface area contributed by atoms with Crippen LogP contribution >= 0.6 is 11.8 Å². The summed E-state index contributed by atoms with van der Waals surface area (Å²) >= 11 is 1.08. The number of hydrogen-bond donors (Lipinski definition) is 1. The molecule has 0 bridgehead atoms. The maximum Gasteiger partial charge on any atom is 0.331 e. The lowest BCUT2D eigenvalue weighted by atomic mass is 10.3. The Kier molecular flexibility index (Phi) is 4.99. The van der Waals surface area contributed by atoms with Crippen LogP contribution in [0.3, 0.4) is 0 Å². The Morgan fingerprint density at radius 1 is 1.43 bits per heavy atom. The van der Waals surface area contributed by atoms with E-state index in [2.05, 4.69) is 15.0 Å². The molecule has 1 heterocycles. The number of aliphatic imine (C=N–C) groups is 1. The lowest BCUT2D eigenvalue weighted by Crippen LogP contribution is -2.19. The summed E-state index contributed by atoms with van der Waals surface area (Å²) < 4.78 is 9.96. The van der Waals surface area contributed by atoms with Crippen LogP contribution in [0, 0.1) is 0 Å². The van der Waals surface area contributed by atoms with Gasteiger partial charge >= 0.3 is 5.97 Å². The van der Waals surface area contributed by atoms with Crippen molar-refractivity contribution < 1.29 is 19.1 Å². The fourth-order valence-electron chi connectivity index (χ4n) is 1.58. The molecule has 1 aromatic carbocycles. The van der Waals surface area contributed by atoms with Gasteiger partial charge in [-0.05, 0) is 30.8 Å². The zero-order chi connectivity index (χ0) is 15.2. The molecule has 0 aromatic heterocycles. The van der Waals surface area contributed by atoms with Crippen molar-refractivity contribution in [3.63, 3.8) is 0 Å². The van der Waals surface area contributed by atoms with Gasteiger partial charge in [-0.2, -0.15) is 0 Å². The first-order valence-corrected chi connectivity index (χ1v) is 7.05. The third-order valence-corrected chi connectivity index (χ3v) is 3.40. The molecule has 0 spiro atoms. The van der Waals surface area contributed by atoms with Crippen molar-refractivity contribution in [1.82, 2.24) is 5.32 Å². The molecule has 1 aliphatic heterocycles. The molecule has 0 atom stereocenters. The number of benzene rings is 1. The molecule has 110 valence electrons. The molecule has 1 amide bonds. The zero-order valence-corrected chi connectivity index (χ0v) is 12.4. The van der Waals surface area contributed by atoms with Crippen molar-refractivity contribution in [2.24, 2.45) is 4.99 Å². The minimum absolute atomic E-state index is 0.245. The van der Waals surface area contributed by atoms with Crippen LogP contribution in [0.15, 0.2) is 40.2 Å². The molecule has 1 N–H and O–H groups in total. The van der Waals surface area contributed by atoms with Gasteiger partial charge in [0.2, 0.25) is 0 Å². The third kappa shape index (κ3) is 3.85. The highest BCUT2D eigenvalue weighted by molar-refractivity contribution is 8.18. The molecular formula is C14H14N2O4S. The molecule has 1 aliphatic rings. The first-order chi connectivity index (χ1) is 10.1. The highest BCUT2D eigenvalue weighted by Crippen LogP contribution is 2.31. The Morgan fingerprint density at radius 2 is 2.19 bits per heavy atom. The van der Waals surface area contributed by atoms with Crippen LogP contribution < -0.4 is 10.1 Å². The molecule has 0 aliphatic carbocycles. The number of ether oxygens (including phenoxy) is 2. The summed E-state index contributed by atoms with van der Waals surface area (Å²) in [6.45, 7) is 2.40. The summed E-state index contributed by atoms with van der Waals surface area (Å²) in [6, 6.07) is 7.26. The summed E-state index contributed by atoms with van der Waals surface area (Å²) in [4.78, 5) is 27.5. The Labute approximate surface area is 126 Å². The average molecular weight is 306 g/mol. The summed E-state index contributed by atoms with van der Waals surface area (Å²) in [5.74, 6) is -0.325. The fourth-order valence-corrected chi connectivity index (χ4v) is 2.38. The van der Waals surface area contributed by atoms with Gasteiger partial charge in [0.1, 0.15) is 11.4 Å². The number of methoxy groups -OCH3 is 1. The van der Waals surface area contributed by atoms with E-state index in [1.165, 1.54) is 7.11 Å². The van der Waals surface area contributed by atoms with Crippen LogP contribution in [0.25, 0.3) is 0 Å². The fraction of sp³-hybridized carbons (Fsp3) is 0.214. The maximum atomic E-state index is 11.7. The van der Waals surface area contributed by atoms with Gasteiger partial charge in [-0.3, -0.25) is 4.79 Å². The van der Waals surface area contributed by atoms with E-state index in [0.29, 0.717) is 23.2 Å². The van der Waals surface area contributed by atoms with Crippen molar-refractivity contribution in [3.05, 3.63) is 35.2 Å². The van der Waals surface area contributed by atoms with Crippen molar-refractivity contribution in [2.45, 2.75) is 6.92 Å². The molecular weight excluding hydrogens is 292 g/mol. The van der Waals surface area contributed by atoms with Crippen LogP contribution in [0.2, 0.25) is 0 Å². The molecule has 0 radical (unpaired) electrons. The number of hydrogen-bond acceptors (Lipinski definition) is 6. The number of nitrogens with zero attached hydrogens (tertiary/aromatic N) is 1. The number of amides is 1. The number of rotatable bonds is 4. The second kappa shape index (κ2) is 6.94. The van der Waals surface area contributed by atoms with Gasteiger partial charge in [0.15, 0.2) is 5.17 Å². The van der Waals surface area contributed by atoms with E-state index in [9.17, 15) is 9.59 Å². The van der Waals surface area contributed by atoms with Gasteiger partial charge in [-0.1, -0.05) is 12.1 Å². The van der Waals surface area contributed by atoms with Gasteiger partial charge < -0.3 is 14.8 Å². The van der Waals surface area contributed by atoms with Gasteiger partial charge in [-0.15, -0.1) is 0 Å². The normalized spacial score (nSPS) is 17.9. The van der Waals surface area contributed by atoms with Crippen LogP contribution in [0.1, 0.15) is 6.92 Å². The van der Waals surface area contributed by atoms with E-state index in [4.69, 9.17) is 4.74 Å². The molecule has 1 fully saturated rings. The first kappa shape index (κ1) is 15.1. The molecule has 0 unspecified atom stereocenters. The Bertz CT molecular complexity index is 625. The van der Waals surface area contributed by atoms with E-state index in [1.807, 2.05) is 19.1 Å². The number of esters is 1. The largest absolute Gasteiger partial charge is 0.492 e. The standard InChI is InChI=1S/C14H14N2O4S/c1-3-20-10-7-5-4-6-9(10)15-14-16-13(18)11(21-14)8-12(17)19-2/h4-8H,3H2,1-2H3,(H,15,16,18). The van der Waals surface area contributed by atoms with Gasteiger partial charge in [0, 0.05) is 6.08 Å². The zero-order valence-electron chi connectivity index (χ0n) is 11.6.